The van der Waals surface area contributed by atoms with Gasteiger partial charge in [0.25, 0.3) is 0 Å². The van der Waals surface area contributed by atoms with Crippen LogP contribution in [0, 0.1) is 0 Å². The van der Waals surface area contributed by atoms with Crippen molar-refractivity contribution in [2.24, 2.45) is 0 Å². The summed E-state index contributed by atoms with van der Waals surface area (Å²) in [7, 11) is 0. The van der Waals surface area contributed by atoms with Gasteiger partial charge in [0.2, 0.25) is 0 Å². The summed E-state index contributed by atoms with van der Waals surface area (Å²) in [5.41, 5.74) is 4.22. The molecule has 1 aliphatic rings. The van der Waals surface area contributed by atoms with E-state index < -0.39 is 17.7 Å². The molecule has 8 heteroatoms. The highest BCUT2D eigenvalue weighted by Gasteiger charge is 2.42. The van der Waals surface area contributed by atoms with Gasteiger partial charge in [0.05, 0.1) is 11.1 Å². The van der Waals surface area contributed by atoms with Crippen LogP contribution in [-0.2, 0) is 9.47 Å². The highest BCUT2D eigenvalue weighted by molar-refractivity contribution is 5.89. The number of benzene rings is 4. The molecule has 0 aromatic heterocycles. The molecule has 41 heavy (non-hydrogen) atoms. The summed E-state index contributed by atoms with van der Waals surface area (Å²) in [6.45, 7) is 4.26. The SMILES string of the molecule is CC1(C)O[C@H](COc2ccc(-c3ccc(C(=O)O)cc3)cc2)[C@@H](COc2ccc(-c3ccc(C(=O)O)cc3)cc2)O1. The molecule has 210 valence electrons. The van der Waals surface area contributed by atoms with E-state index >= 15 is 0 Å². The second-order valence-electron chi connectivity index (χ2n) is 10.1. The molecule has 0 saturated carbocycles. The molecule has 1 aliphatic heterocycles. The van der Waals surface area contributed by atoms with Crippen LogP contribution in [0.4, 0.5) is 0 Å². The van der Waals surface area contributed by atoms with Crippen LogP contribution in [0.2, 0.25) is 0 Å². The Bertz CT molecular complexity index is 1380. The average Bonchev–Trinajstić information content (AvgIpc) is 3.28. The van der Waals surface area contributed by atoms with Crippen molar-refractivity contribution in [2.45, 2.75) is 31.8 Å². The van der Waals surface area contributed by atoms with Gasteiger partial charge in [-0.2, -0.15) is 0 Å². The third-order valence-corrected chi connectivity index (χ3v) is 6.75. The Hall–Kier alpha value is -4.66. The first-order chi connectivity index (χ1) is 19.7. The smallest absolute Gasteiger partial charge is 0.335 e. The molecule has 0 radical (unpaired) electrons. The first kappa shape index (κ1) is 27.9. The van der Waals surface area contributed by atoms with E-state index in [1.807, 2.05) is 62.4 Å². The Kier molecular flexibility index (Phi) is 8.05. The Morgan fingerprint density at radius 3 is 1.17 bits per heavy atom. The molecule has 0 aliphatic carbocycles. The number of rotatable bonds is 10. The van der Waals surface area contributed by atoms with E-state index in [4.69, 9.17) is 29.2 Å². The molecule has 1 saturated heterocycles. The van der Waals surface area contributed by atoms with Crippen LogP contribution in [-0.4, -0.2) is 53.4 Å². The minimum Gasteiger partial charge on any atom is -0.491 e. The zero-order valence-corrected chi connectivity index (χ0v) is 22.7. The summed E-state index contributed by atoms with van der Waals surface area (Å²) in [6, 6.07) is 28.6. The van der Waals surface area contributed by atoms with Crippen molar-refractivity contribution in [3.8, 4) is 33.8 Å². The van der Waals surface area contributed by atoms with E-state index in [0.29, 0.717) is 11.5 Å². The van der Waals surface area contributed by atoms with E-state index in [0.717, 1.165) is 22.3 Å². The number of carboxylic acid groups (broad SMARTS) is 2. The lowest BCUT2D eigenvalue weighted by Gasteiger charge is -2.18. The number of carboxylic acids is 2. The molecule has 0 amide bonds. The number of aromatic carboxylic acids is 2. The largest absolute Gasteiger partial charge is 0.491 e. The van der Waals surface area contributed by atoms with Crippen LogP contribution in [0.15, 0.2) is 97.1 Å². The number of carbonyl (C=O) groups is 2. The van der Waals surface area contributed by atoms with Crippen LogP contribution in [0.1, 0.15) is 34.6 Å². The molecule has 4 aromatic carbocycles. The molecule has 0 unspecified atom stereocenters. The van der Waals surface area contributed by atoms with Crippen LogP contribution in [0.5, 0.6) is 11.5 Å². The van der Waals surface area contributed by atoms with Gasteiger partial charge in [0.1, 0.15) is 36.9 Å². The molecule has 5 rings (SSSR count). The summed E-state index contributed by atoms with van der Waals surface area (Å²) >= 11 is 0. The maximum atomic E-state index is 11.1. The molecule has 1 fully saturated rings. The minimum absolute atomic E-state index is 0.246. The van der Waals surface area contributed by atoms with Gasteiger partial charge in [-0.05, 0) is 84.6 Å². The second-order valence-corrected chi connectivity index (χ2v) is 10.1. The van der Waals surface area contributed by atoms with E-state index in [2.05, 4.69) is 0 Å². The van der Waals surface area contributed by atoms with Gasteiger partial charge < -0.3 is 29.2 Å². The first-order valence-corrected chi connectivity index (χ1v) is 13.2. The number of ether oxygens (including phenoxy) is 4. The quantitative estimate of drug-likeness (QED) is 0.232. The number of hydrogen-bond donors (Lipinski definition) is 2. The van der Waals surface area contributed by atoms with Crippen LogP contribution in [0.25, 0.3) is 22.3 Å². The highest BCUT2D eigenvalue weighted by Crippen LogP contribution is 2.30. The van der Waals surface area contributed by atoms with E-state index in [9.17, 15) is 9.59 Å². The fourth-order valence-corrected chi connectivity index (χ4v) is 4.65. The Morgan fingerprint density at radius 1 is 0.585 bits per heavy atom. The normalized spacial score (nSPS) is 17.6. The molecule has 0 spiro atoms. The van der Waals surface area contributed by atoms with Crippen molar-refractivity contribution in [3.05, 3.63) is 108 Å². The lowest BCUT2D eigenvalue weighted by molar-refractivity contribution is -0.150. The molecule has 2 atom stereocenters. The van der Waals surface area contributed by atoms with E-state index in [1.54, 1.807) is 48.5 Å². The predicted molar refractivity (Wildman–Crippen MR) is 152 cm³/mol. The second kappa shape index (κ2) is 11.8. The fourth-order valence-electron chi connectivity index (χ4n) is 4.65. The Labute approximate surface area is 237 Å². The fraction of sp³-hybridized carbons (Fsp3) is 0.212. The van der Waals surface area contributed by atoms with Crippen molar-refractivity contribution in [2.75, 3.05) is 13.2 Å². The zero-order valence-electron chi connectivity index (χ0n) is 22.7. The van der Waals surface area contributed by atoms with Crippen LogP contribution >= 0.6 is 0 Å². The lowest BCUT2D eigenvalue weighted by atomic mass is 10.0. The maximum absolute atomic E-state index is 11.1. The van der Waals surface area contributed by atoms with Crippen LogP contribution < -0.4 is 9.47 Å². The summed E-state index contributed by atoms with van der Waals surface area (Å²) in [6.07, 6.45) is -0.694. The summed E-state index contributed by atoms with van der Waals surface area (Å²) in [5, 5.41) is 18.2. The predicted octanol–water partition coefficient (Wildman–Crippen LogP) is 6.39. The third kappa shape index (κ3) is 6.92. The summed E-state index contributed by atoms with van der Waals surface area (Å²) < 4.78 is 24.2. The standard InChI is InChI=1S/C33H30O8/c1-33(2)40-29(19-38-27-15-11-23(12-16-27)21-3-7-25(8-4-21)31(34)35)30(41-33)20-39-28-17-13-24(14-18-28)22-5-9-26(10-6-22)32(36)37/h3-18,29-30H,19-20H2,1-2H3,(H,34,35)(H,36,37)/t29-,30-/m1/s1. The van der Waals surface area contributed by atoms with E-state index in [1.165, 1.54) is 0 Å². The summed E-state index contributed by atoms with van der Waals surface area (Å²) in [5.74, 6) is -1.33. The molecule has 8 nitrogen and oxygen atoms in total. The van der Waals surface area contributed by atoms with E-state index in [-0.39, 0.29) is 36.5 Å². The highest BCUT2D eigenvalue weighted by atomic mass is 16.8. The van der Waals surface area contributed by atoms with Gasteiger partial charge in [0.15, 0.2) is 5.79 Å². The average molecular weight is 555 g/mol. The molecular weight excluding hydrogens is 524 g/mol. The molecule has 2 N–H and O–H groups in total. The van der Waals surface area contributed by atoms with Crippen molar-refractivity contribution in [1.29, 1.82) is 0 Å². The molecule has 1 heterocycles. The maximum Gasteiger partial charge on any atom is 0.335 e. The van der Waals surface area contributed by atoms with Crippen molar-refractivity contribution in [3.63, 3.8) is 0 Å². The van der Waals surface area contributed by atoms with Gasteiger partial charge in [-0.15, -0.1) is 0 Å². The first-order valence-electron chi connectivity index (χ1n) is 13.2. The molecule has 0 bridgehead atoms. The van der Waals surface area contributed by atoms with Crippen LogP contribution in [0.3, 0.4) is 0 Å². The Balaban J connectivity index is 1.16. The number of hydrogen-bond acceptors (Lipinski definition) is 6. The minimum atomic E-state index is -0.953. The Morgan fingerprint density at radius 2 is 0.878 bits per heavy atom. The van der Waals surface area contributed by atoms with Crippen molar-refractivity contribution in [1.82, 2.24) is 0 Å². The van der Waals surface area contributed by atoms with Gasteiger partial charge in [0, 0.05) is 0 Å². The lowest BCUT2D eigenvalue weighted by Crippen LogP contribution is -2.33. The third-order valence-electron chi connectivity index (χ3n) is 6.75. The molecule has 4 aromatic rings. The zero-order chi connectivity index (χ0) is 29.0. The monoisotopic (exact) mass is 554 g/mol. The van der Waals surface area contributed by atoms with Gasteiger partial charge in [-0.25, -0.2) is 9.59 Å². The molecular formula is C33H30O8. The van der Waals surface area contributed by atoms with Gasteiger partial charge in [-0.1, -0.05) is 48.5 Å². The van der Waals surface area contributed by atoms with Crippen molar-refractivity contribution < 1.29 is 38.7 Å². The summed E-state index contributed by atoms with van der Waals surface area (Å²) in [4.78, 5) is 22.2. The topological polar surface area (TPSA) is 112 Å². The van der Waals surface area contributed by atoms with Gasteiger partial charge in [-0.3, -0.25) is 0 Å². The van der Waals surface area contributed by atoms with Crippen molar-refractivity contribution >= 4 is 11.9 Å². The van der Waals surface area contributed by atoms with Gasteiger partial charge >= 0.3 is 11.9 Å².